The van der Waals surface area contributed by atoms with Crippen molar-refractivity contribution >= 4 is 13.7 Å². The summed E-state index contributed by atoms with van der Waals surface area (Å²) in [5.74, 6) is -0.198. The molecule has 3 atom stereocenters. The summed E-state index contributed by atoms with van der Waals surface area (Å²) in [4.78, 5) is 22.9. The van der Waals surface area contributed by atoms with Crippen LogP contribution in [-0.2, 0) is 18.4 Å². The number of hydrogen-bond donors (Lipinski definition) is 3. The first-order valence-corrected chi connectivity index (χ1v) is 19.4. The van der Waals surface area contributed by atoms with Gasteiger partial charge in [-0.2, -0.15) is 0 Å². The van der Waals surface area contributed by atoms with E-state index in [4.69, 9.17) is 9.05 Å². The highest BCUT2D eigenvalue weighted by Gasteiger charge is 2.27. The van der Waals surface area contributed by atoms with Crippen molar-refractivity contribution in [1.29, 1.82) is 0 Å². The van der Waals surface area contributed by atoms with Crippen molar-refractivity contribution in [2.75, 3.05) is 40.9 Å². The Morgan fingerprint density at radius 2 is 1.27 bits per heavy atom. The summed E-state index contributed by atoms with van der Waals surface area (Å²) in [6, 6.07) is -0.848. The lowest BCUT2D eigenvalue weighted by Gasteiger charge is -2.25. The molecule has 9 heteroatoms. The molecule has 0 fully saturated rings. The van der Waals surface area contributed by atoms with Gasteiger partial charge in [-0.25, -0.2) is 4.57 Å². The van der Waals surface area contributed by atoms with Crippen molar-refractivity contribution in [3.05, 3.63) is 36.5 Å². The van der Waals surface area contributed by atoms with E-state index in [0.29, 0.717) is 17.4 Å². The molecule has 1 amide bonds. The minimum absolute atomic E-state index is 0.0574. The van der Waals surface area contributed by atoms with Crippen molar-refractivity contribution in [2.45, 2.75) is 148 Å². The Bertz CT molecular complexity index is 840. The average Bonchev–Trinajstić information content (AvgIpc) is 2.97. The molecule has 3 N–H and O–H groups in total. The van der Waals surface area contributed by atoms with Crippen LogP contribution in [0, 0.1) is 0 Å². The van der Waals surface area contributed by atoms with Crippen LogP contribution in [0.2, 0.25) is 0 Å². The fourth-order valence-corrected chi connectivity index (χ4v) is 5.39. The minimum atomic E-state index is -4.32. The van der Waals surface area contributed by atoms with E-state index in [2.05, 4.69) is 43.5 Å². The fraction of sp³-hybridized carbons (Fsp3) is 0.806. The molecular weight excluding hydrogens is 587 g/mol. The minimum Gasteiger partial charge on any atom is -0.387 e. The van der Waals surface area contributed by atoms with Crippen LogP contribution in [0.25, 0.3) is 0 Å². The zero-order valence-electron chi connectivity index (χ0n) is 29.6. The number of phosphoric ester groups is 1. The summed E-state index contributed by atoms with van der Waals surface area (Å²) in [6.45, 7) is 4.70. The van der Waals surface area contributed by atoms with Crippen LogP contribution in [0.5, 0.6) is 0 Å². The van der Waals surface area contributed by atoms with E-state index in [1.807, 2.05) is 27.2 Å². The highest BCUT2D eigenvalue weighted by molar-refractivity contribution is 7.47. The Morgan fingerprint density at radius 3 is 1.87 bits per heavy atom. The Hall–Kier alpha value is -1.28. The largest absolute Gasteiger partial charge is 0.472 e. The van der Waals surface area contributed by atoms with Crippen LogP contribution < -0.4 is 5.32 Å². The molecular formula is C36H70N2O6P+. The number of carbonyl (C=O) groups excluding carboxylic acids is 1. The number of unbranched alkanes of at least 4 members (excludes halogenated alkanes) is 14. The van der Waals surface area contributed by atoms with E-state index in [9.17, 15) is 19.4 Å². The Labute approximate surface area is 276 Å². The number of nitrogens with zero attached hydrogens (tertiary/aromatic N) is 1. The molecule has 0 aliphatic heterocycles. The second kappa shape index (κ2) is 28.9. The molecule has 0 aliphatic carbocycles. The molecule has 45 heavy (non-hydrogen) atoms. The van der Waals surface area contributed by atoms with E-state index in [1.54, 1.807) is 6.08 Å². The molecule has 0 aromatic carbocycles. The van der Waals surface area contributed by atoms with Crippen molar-refractivity contribution in [2.24, 2.45) is 0 Å². The molecule has 0 bridgehead atoms. The zero-order chi connectivity index (χ0) is 33.7. The van der Waals surface area contributed by atoms with Gasteiger partial charge in [-0.3, -0.25) is 13.8 Å². The van der Waals surface area contributed by atoms with Crippen LogP contribution in [0.4, 0.5) is 0 Å². The van der Waals surface area contributed by atoms with Crippen molar-refractivity contribution < 1.29 is 32.9 Å². The van der Waals surface area contributed by atoms with Gasteiger partial charge >= 0.3 is 7.82 Å². The van der Waals surface area contributed by atoms with Gasteiger partial charge in [0.05, 0.1) is 39.9 Å². The van der Waals surface area contributed by atoms with E-state index in [-0.39, 0.29) is 19.1 Å². The number of amides is 1. The van der Waals surface area contributed by atoms with Gasteiger partial charge in [0.25, 0.3) is 0 Å². The Balaban J connectivity index is 4.54. The topological polar surface area (TPSA) is 105 Å². The maximum atomic E-state index is 12.7. The maximum Gasteiger partial charge on any atom is 0.472 e. The molecule has 8 nitrogen and oxygen atoms in total. The van der Waals surface area contributed by atoms with Gasteiger partial charge in [0.15, 0.2) is 0 Å². The predicted octanol–water partition coefficient (Wildman–Crippen LogP) is 8.79. The number of rotatable bonds is 31. The number of aliphatic hydroxyl groups is 1. The lowest BCUT2D eigenvalue weighted by Crippen LogP contribution is -2.45. The lowest BCUT2D eigenvalue weighted by atomic mass is 10.1. The van der Waals surface area contributed by atoms with Gasteiger partial charge in [0.2, 0.25) is 5.91 Å². The third-order valence-corrected chi connectivity index (χ3v) is 8.59. The first kappa shape index (κ1) is 43.7. The van der Waals surface area contributed by atoms with E-state index in [1.165, 1.54) is 51.4 Å². The standard InChI is InChI=1S/C36H69N2O6P/c1-6-8-10-12-14-16-17-18-19-20-21-22-24-26-28-30-36(40)37-34(33-44-45(41,42)43-32-31-38(3,4)5)35(39)29-27-25-23-15-13-11-9-7-2/h14,16,18-19,27,29,34-35,39H,6-13,15,17,20-26,28,30-33H2,1-5H3,(H-,37,40,41,42)/p+1/b16-14-,19-18-,29-27+. The number of phosphoric acid groups is 1. The molecule has 0 spiro atoms. The quantitative estimate of drug-likeness (QED) is 0.0298. The maximum absolute atomic E-state index is 12.7. The smallest absolute Gasteiger partial charge is 0.387 e. The second-order valence-corrected chi connectivity index (χ2v) is 14.7. The Morgan fingerprint density at radius 1 is 0.756 bits per heavy atom. The second-order valence-electron chi connectivity index (χ2n) is 13.2. The Kier molecular flexibility index (Phi) is 28.1. The van der Waals surface area contributed by atoms with E-state index in [0.717, 1.165) is 64.2 Å². The number of allylic oxidation sites excluding steroid dienone is 5. The zero-order valence-corrected chi connectivity index (χ0v) is 30.5. The van der Waals surface area contributed by atoms with E-state index >= 15 is 0 Å². The van der Waals surface area contributed by atoms with Crippen molar-refractivity contribution in [1.82, 2.24) is 5.32 Å². The molecule has 0 rings (SSSR count). The van der Waals surface area contributed by atoms with Gasteiger partial charge in [-0.05, 0) is 51.4 Å². The number of aliphatic hydroxyl groups excluding tert-OH is 1. The van der Waals surface area contributed by atoms with Crippen LogP contribution in [0.1, 0.15) is 136 Å². The molecule has 3 unspecified atom stereocenters. The SMILES string of the molecule is CCCCC/C=C\C/C=C\CCCCCCCC(=O)NC(COP(=O)(O)OCC[N+](C)(C)C)C(O)/C=C/CCCCCCCC. The summed E-state index contributed by atoms with van der Waals surface area (Å²) in [6.07, 6.45) is 32.1. The molecule has 0 saturated heterocycles. The number of carbonyl (C=O) groups is 1. The number of likely N-dealkylation sites (N-methyl/N-ethyl adjacent to an activating group) is 1. The normalized spacial score (nSPS) is 15.3. The van der Waals surface area contributed by atoms with Crippen LogP contribution in [-0.4, -0.2) is 73.4 Å². The lowest BCUT2D eigenvalue weighted by molar-refractivity contribution is -0.870. The van der Waals surface area contributed by atoms with Gasteiger partial charge in [0.1, 0.15) is 13.2 Å². The number of hydrogen-bond acceptors (Lipinski definition) is 5. The summed E-state index contributed by atoms with van der Waals surface area (Å²) in [5.41, 5.74) is 0. The van der Waals surface area contributed by atoms with Gasteiger partial charge < -0.3 is 19.8 Å². The molecule has 0 heterocycles. The summed E-state index contributed by atoms with van der Waals surface area (Å²) < 4.78 is 23.3. The van der Waals surface area contributed by atoms with Crippen LogP contribution in [0.3, 0.4) is 0 Å². The van der Waals surface area contributed by atoms with Crippen molar-refractivity contribution in [3.8, 4) is 0 Å². The predicted molar refractivity (Wildman–Crippen MR) is 189 cm³/mol. The third-order valence-electron chi connectivity index (χ3n) is 7.60. The van der Waals surface area contributed by atoms with Gasteiger partial charge in [-0.1, -0.05) is 115 Å². The van der Waals surface area contributed by atoms with Gasteiger partial charge in [-0.15, -0.1) is 0 Å². The number of quaternary nitrogens is 1. The average molecular weight is 658 g/mol. The first-order valence-electron chi connectivity index (χ1n) is 17.9. The third kappa shape index (κ3) is 31.1. The van der Waals surface area contributed by atoms with Crippen LogP contribution in [0.15, 0.2) is 36.5 Å². The molecule has 0 aromatic heterocycles. The van der Waals surface area contributed by atoms with Gasteiger partial charge in [0, 0.05) is 6.42 Å². The summed E-state index contributed by atoms with van der Waals surface area (Å²) in [7, 11) is 1.55. The number of nitrogens with one attached hydrogen (secondary N) is 1. The highest BCUT2D eigenvalue weighted by Crippen LogP contribution is 2.43. The highest BCUT2D eigenvalue weighted by atomic mass is 31.2. The van der Waals surface area contributed by atoms with Crippen LogP contribution >= 0.6 is 7.82 Å². The first-order chi connectivity index (χ1) is 21.5. The monoisotopic (exact) mass is 657 g/mol. The molecule has 0 saturated carbocycles. The fourth-order valence-electron chi connectivity index (χ4n) is 4.66. The molecule has 0 aromatic rings. The summed E-state index contributed by atoms with van der Waals surface area (Å²) in [5, 5.41) is 13.6. The molecule has 0 radical (unpaired) electrons. The molecule has 264 valence electrons. The van der Waals surface area contributed by atoms with E-state index < -0.39 is 20.0 Å². The molecule has 0 aliphatic rings. The summed E-state index contributed by atoms with van der Waals surface area (Å²) >= 11 is 0. The van der Waals surface area contributed by atoms with Crippen molar-refractivity contribution in [3.63, 3.8) is 0 Å².